The molecule has 1 aromatic carbocycles. The summed E-state index contributed by atoms with van der Waals surface area (Å²) >= 11 is 1.96. The Morgan fingerprint density at radius 3 is 2.68 bits per heavy atom. The van der Waals surface area contributed by atoms with Crippen molar-refractivity contribution in [3.05, 3.63) is 21.5 Å². The van der Waals surface area contributed by atoms with Gasteiger partial charge < -0.3 is 15.2 Å². The molecule has 2 rings (SSSR count). The maximum Gasteiger partial charge on any atom is 0.201 e. The number of aromatic nitrogens is 2. The lowest BCUT2D eigenvalue weighted by molar-refractivity contribution is 0.292. The van der Waals surface area contributed by atoms with Crippen molar-refractivity contribution in [2.24, 2.45) is 0 Å². The van der Waals surface area contributed by atoms with Crippen LogP contribution in [0.1, 0.15) is 13.8 Å². The number of imidazole rings is 1. The number of hydrogen-bond donors (Lipinski definition) is 1. The summed E-state index contributed by atoms with van der Waals surface area (Å²) < 4.78 is 16.1. The number of nitrogen functional groups attached to an aromatic ring is 1. The third kappa shape index (κ3) is 3.00. The van der Waals surface area contributed by atoms with E-state index in [0.717, 1.165) is 37.2 Å². The number of likely N-dealkylation sites (N-methyl/N-ethyl adjacent to an activating group) is 1. The lowest BCUT2D eigenvalue weighted by atomic mass is 10.3. The molecule has 0 saturated carbocycles. The number of rotatable bonds is 5. The molecular weight excluding hydrogens is 358 g/mol. The minimum absolute atomic E-state index is 0.225. The second kappa shape index (κ2) is 6.04. The minimum atomic E-state index is -0.225. The predicted molar refractivity (Wildman–Crippen MR) is 84.6 cm³/mol. The van der Waals surface area contributed by atoms with Crippen LogP contribution in [-0.2, 0) is 6.54 Å². The third-order valence-corrected chi connectivity index (χ3v) is 4.18. The first kappa shape index (κ1) is 14.5. The van der Waals surface area contributed by atoms with Gasteiger partial charge in [0.2, 0.25) is 5.95 Å². The van der Waals surface area contributed by atoms with Gasteiger partial charge in [-0.1, -0.05) is 13.8 Å². The van der Waals surface area contributed by atoms with Crippen LogP contribution in [0, 0.1) is 9.39 Å². The lowest BCUT2D eigenvalue weighted by Gasteiger charge is -2.18. The van der Waals surface area contributed by atoms with Crippen molar-refractivity contribution in [3.63, 3.8) is 0 Å². The average molecular weight is 376 g/mol. The molecule has 0 fully saturated rings. The normalized spacial score (nSPS) is 11.6. The highest BCUT2D eigenvalue weighted by Crippen LogP contribution is 2.22. The number of halogens is 2. The Morgan fingerprint density at radius 1 is 1.37 bits per heavy atom. The maximum absolute atomic E-state index is 13.7. The zero-order chi connectivity index (χ0) is 14.0. The van der Waals surface area contributed by atoms with E-state index in [0.29, 0.717) is 9.52 Å². The van der Waals surface area contributed by atoms with Crippen molar-refractivity contribution < 1.29 is 4.39 Å². The van der Waals surface area contributed by atoms with Crippen molar-refractivity contribution in [1.29, 1.82) is 0 Å². The van der Waals surface area contributed by atoms with Crippen molar-refractivity contribution in [3.8, 4) is 0 Å². The zero-order valence-corrected chi connectivity index (χ0v) is 13.3. The fourth-order valence-electron chi connectivity index (χ4n) is 2.16. The molecule has 0 radical (unpaired) electrons. The lowest BCUT2D eigenvalue weighted by Crippen LogP contribution is -2.27. The molecule has 0 aliphatic heterocycles. The Bertz CT molecular complexity index is 578. The van der Waals surface area contributed by atoms with E-state index in [1.807, 2.05) is 27.2 Å². The van der Waals surface area contributed by atoms with Crippen LogP contribution in [0.4, 0.5) is 10.3 Å². The molecule has 2 aromatic rings. The van der Waals surface area contributed by atoms with E-state index in [9.17, 15) is 4.39 Å². The van der Waals surface area contributed by atoms with Gasteiger partial charge in [-0.05, 0) is 41.7 Å². The van der Waals surface area contributed by atoms with E-state index in [2.05, 4.69) is 23.7 Å². The van der Waals surface area contributed by atoms with E-state index in [4.69, 9.17) is 5.73 Å². The average Bonchev–Trinajstić information content (AvgIpc) is 2.67. The van der Waals surface area contributed by atoms with Crippen LogP contribution in [0.3, 0.4) is 0 Å². The van der Waals surface area contributed by atoms with E-state index in [1.165, 1.54) is 6.07 Å². The molecular formula is C13H18FIN4. The Hall–Kier alpha value is -0.890. The van der Waals surface area contributed by atoms with Gasteiger partial charge in [-0.15, -0.1) is 0 Å². The number of nitrogens with two attached hydrogens (primary N) is 1. The molecule has 0 aliphatic rings. The van der Waals surface area contributed by atoms with Crippen LogP contribution in [0.15, 0.2) is 12.1 Å². The SMILES string of the molecule is CCN(CC)CCn1c(N)nc2cc(I)c(F)cc21. The summed E-state index contributed by atoms with van der Waals surface area (Å²) in [5, 5.41) is 0. The Balaban J connectivity index is 2.32. The highest BCUT2D eigenvalue weighted by molar-refractivity contribution is 14.1. The molecule has 2 N–H and O–H groups in total. The summed E-state index contributed by atoms with van der Waals surface area (Å²) in [6, 6.07) is 3.25. The molecule has 1 heterocycles. The Kier molecular flexibility index (Phi) is 4.62. The molecule has 0 bridgehead atoms. The van der Waals surface area contributed by atoms with Gasteiger partial charge in [0.15, 0.2) is 0 Å². The number of hydrogen-bond acceptors (Lipinski definition) is 3. The van der Waals surface area contributed by atoms with E-state index in [-0.39, 0.29) is 5.82 Å². The molecule has 19 heavy (non-hydrogen) atoms. The number of anilines is 1. The molecule has 6 heteroatoms. The predicted octanol–water partition coefficient (Wildman–Crippen LogP) is 2.70. The smallest absolute Gasteiger partial charge is 0.201 e. The second-order valence-corrected chi connectivity index (χ2v) is 5.57. The molecule has 104 valence electrons. The summed E-state index contributed by atoms with van der Waals surface area (Å²) in [7, 11) is 0. The largest absolute Gasteiger partial charge is 0.369 e. The van der Waals surface area contributed by atoms with E-state index < -0.39 is 0 Å². The van der Waals surface area contributed by atoms with Gasteiger partial charge in [0.05, 0.1) is 14.6 Å². The van der Waals surface area contributed by atoms with E-state index >= 15 is 0 Å². The molecule has 0 spiro atoms. The first-order valence-electron chi connectivity index (χ1n) is 6.39. The summed E-state index contributed by atoms with van der Waals surface area (Å²) in [5.74, 6) is 0.223. The van der Waals surface area contributed by atoms with Gasteiger partial charge >= 0.3 is 0 Å². The topological polar surface area (TPSA) is 47.1 Å². The molecule has 0 aliphatic carbocycles. The summed E-state index contributed by atoms with van der Waals surface area (Å²) in [6.45, 7) is 7.85. The number of nitrogens with zero attached hydrogens (tertiary/aromatic N) is 3. The minimum Gasteiger partial charge on any atom is -0.369 e. The van der Waals surface area contributed by atoms with Gasteiger partial charge in [-0.2, -0.15) is 0 Å². The number of fused-ring (bicyclic) bond motifs is 1. The molecule has 1 aromatic heterocycles. The van der Waals surface area contributed by atoms with Gasteiger partial charge in [-0.3, -0.25) is 0 Å². The fourth-order valence-corrected chi connectivity index (χ4v) is 2.61. The van der Waals surface area contributed by atoms with Crippen molar-refractivity contribution in [2.75, 3.05) is 25.4 Å². The van der Waals surface area contributed by atoms with Crippen molar-refractivity contribution in [1.82, 2.24) is 14.5 Å². The van der Waals surface area contributed by atoms with Crippen LogP contribution in [0.25, 0.3) is 11.0 Å². The van der Waals surface area contributed by atoms with Crippen LogP contribution >= 0.6 is 22.6 Å². The fraction of sp³-hybridized carbons (Fsp3) is 0.462. The van der Waals surface area contributed by atoms with Gasteiger partial charge in [0, 0.05) is 19.2 Å². The first-order valence-corrected chi connectivity index (χ1v) is 7.47. The Morgan fingerprint density at radius 2 is 2.05 bits per heavy atom. The summed E-state index contributed by atoms with van der Waals surface area (Å²) in [4.78, 5) is 6.60. The molecule has 0 saturated heterocycles. The van der Waals surface area contributed by atoms with Crippen LogP contribution < -0.4 is 5.73 Å². The van der Waals surface area contributed by atoms with Crippen LogP contribution in [-0.4, -0.2) is 34.1 Å². The van der Waals surface area contributed by atoms with Gasteiger partial charge in [0.1, 0.15) is 5.82 Å². The molecule has 0 atom stereocenters. The van der Waals surface area contributed by atoms with Crippen molar-refractivity contribution >= 4 is 39.6 Å². The zero-order valence-electron chi connectivity index (χ0n) is 11.2. The molecule has 0 amide bonds. The second-order valence-electron chi connectivity index (χ2n) is 4.40. The molecule has 4 nitrogen and oxygen atoms in total. The van der Waals surface area contributed by atoms with E-state index in [1.54, 1.807) is 6.07 Å². The van der Waals surface area contributed by atoms with Crippen molar-refractivity contribution in [2.45, 2.75) is 20.4 Å². The third-order valence-electron chi connectivity index (χ3n) is 3.35. The quantitative estimate of drug-likeness (QED) is 0.817. The van der Waals surface area contributed by atoms with Crippen LogP contribution in [0.2, 0.25) is 0 Å². The first-order chi connectivity index (χ1) is 9.06. The van der Waals surface area contributed by atoms with Gasteiger partial charge in [-0.25, -0.2) is 9.37 Å². The Labute approximate surface area is 125 Å². The number of benzene rings is 1. The molecule has 0 unspecified atom stereocenters. The van der Waals surface area contributed by atoms with Crippen LogP contribution in [0.5, 0.6) is 0 Å². The van der Waals surface area contributed by atoms with Gasteiger partial charge in [0.25, 0.3) is 0 Å². The summed E-state index contributed by atoms with van der Waals surface area (Å²) in [5.41, 5.74) is 7.45. The highest BCUT2D eigenvalue weighted by atomic mass is 127. The highest BCUT2D eigenvalue weighted by Gasteiger charge is 2.12. The maximum atomic E-state index is 13.7. The standard InChI is InChI=1S/C13H18FIN4/c1-3-18(4-2)5-6-19-12-7-9(14)10(15)8-11(12)17-13(19)16/h7-8H,3-6H2,1-2H3,(H2,16,17). The summed E-state index contributed by atoms with van der Waals surface area (Å²) in [6.07, 6.45) is 0. The monoisotopic (exact) mass is 376 g/mol.